The van der Waals surface area contributed by atoms with E-state index >= 15 is 0 Å². The van der Waals surface area contributed by atoms with Crippen LogP contribution in [0.15, 0.2) is 24.3 Å². The molecule has 0 unspecified atom stereocenters. The molecule has 100 valence electrons. The fraction of sp³-hybridized carbons (Fsp3) is 0.286. The summed E-state index contributed by atoms with van der Waals surface area (Å²) in [5.74, 6) is 0.586. The van der Waals surface area contributed by atoms with Gasteiger partial charge in [0, 0.05) is 6.08 Å². The summed E-state index contributed by atoms with van der Waals surface area (Å²) < 4.78 is 15.3. The number of rotatable bonds is 4. The molecule has 0 spiro atoms. The highest BCUT2D eigenvalue weighted by Gasteiger charge is 2.13. The maximum atomic E-state index is 11.4. The molecule has 0 aromatic heterocycles. The van der Waals surface area contributed by atoms with Crippen LogP contribution < -0.4 is 9.47 Å². The Labute approximate surface area is 110 Å². The van der Waals surface area contributed by atoms with Crippen LogP contribution in [-0.4, -0.2) is 24.6 Å². The first-order chi connectivity index (χ1) is 9.06. The van der Waals surface area contributed by atoms with Crippen LogP contribution in [0.5, 0.6) is 11.5 Å². The molecule has 0 saturated heterocycles. The highest BCUT2D eigenvalue weighted by molar-refractivity contribution is 5.90. The maximum Gasteiger partial charge on any atom is 0.331 e. The zero-order valence-corrected chi connectivity index (χ0v) is 10.7. The quantitative estimate of drug-likeness (QED) is 0.613. The number of esters is 1. The number of ketones is 1. The van der Waals surface area contributed by atoms with E-state index in [0.29, 0.717) is 11.5 Å². The molecule has 1 heterocycles. The number of hydrogen-bond donors (Lipinski definition) is 0. The van der Waals surface area contributed by atoms with Crippen LogP contribution in [0.1, 0.15) is 19.4 Å². The zero-order valence-electron chi connectivity index (χ0n) is 10.7. The second kappa shape index (κ2) is 5.56. The van der Waals surface area contributed by atoms with Gasteiger partial charge in [-0.3, -0.25) is 4.79 Å². The number of benzene rings is 1. The topological polar surface area (TPSA) is 61.8 Å². The number of carbonyl (C=O) groups excluding carboxylic acids is 2. The smallest absolute Gasteiger partial charge is 0.331 e. The van der Waals surface area contributed by atoms with E-state index in [1.165, 1.54) is 19.9 Å². The summed E-state index contributed by atoms with van der Waals surface area (Å²) >= 11 is 0. The Morgan fingerprint density at radius 3 is 2.79 bits per heavy atom. The van der Waals surface area contributed by atoms with Gasteiger partial charge in [-0.2, -0.15) is 0 Å². The summed E-state index contributed by atoms with van der Waals surface area (Å²) in [6, 6.07) is 5.33. The highest BCUT2D eigenvalue weighted by atomic mass is 16.7. The van der Waals surface area contributed by atoms with E-state index in [-0.39, 0.29) is 12.6 Å². The molecule has 19 heavy (non-hydrogen) atoms. The van der Waals surface area contributed by atoms with Gasteiger partial charge in [-0.05, 0) is 37.6 Å². The van der Waals surface area contributed by atoms with Crippen LogP contribution in [0.3, 0.4) is 0 Å². The number of carbonyl (C=O) groups is 2. The van der Waals surface area contributed by atoms with Gasteiger partial charge < -0.3 is 14.2 Å². The minimum absolute atomic E-state index is 0.190. The molecule has 1 atom stereocenters. The van der Waals surface area contributed by atoms with E-state index in [4.69, 9.17) is 14.2 Å². The van der Waals surface area contributed by atoms with Gasteiger partial charge in [0.05, 0.1) is 0 Å². The highest BCUT2D eigenvalue weighted by Crippen LogP contribution is 2.32. The van der Waals surface area contributed by atoms with Gasteiger partial charge in [0.1, 0.15) is 0 Å². The van der Waals surface area contributed by atoms with E-state index in [9.17, 15) is 9.59 Å². The number of hydrogen-bond acceptors (Lipinski definition) is 5. The van der Waals surface area contributed by atoms with E-state index in [1.807, 2.05) is 0 Å². The van der Waals surface area contributed by atoms with Gasteiger partial charge in [0.15, 0.2) is 23.4 Å². The standard InChI is InChI=1S/C14H14O5/c1-9(15)10(2)19-14(16)6-4-11-3-5-12-13(7-11)18-8-17-12/h3-7,10H,8H2,1-2H3/b6-4-/t10-/m1/s1. The molecule has 0 amide bonds. The maximum absolute atomic E-state index is 11.4. The molecule has 5 heteroatoms. The summed E-state index contributed by atoms with van der Waals surface area (Å²) in [6.07, 6.45) is 2.14. The van der Waals surface area contributed by atoms with Gasteiger partial charge in [-0.15, -0.1) is 0 Å². The third-order valence-electron chi connectivity index (χ3n) is 2.67. The van der Waals surface area contributed by atoms with Crippen molar-refractivity contribution in [3.63, 3.8) is 0 Å². The molecule has 1 aliphatic heterocycles. The first-order valence-corrected chi connectivity index (χ1v) is 5.85. The van der Waals surface area contributed by atoms with E-state index in [2.05, 4.69) is 0 Å². The van der Waals surface area contributed by atoms with Crippen molar-refractivity contribution in [3.8, 4) is 11.5 Å². The van der Waals surface area contributed by atoms with Crippen LogP contribution in [0.4, 0.5) is 0 Å². The lowest BCUT2D eigenvalue weighted by atomic mass is 10.2. The van der Waals surface area contributed by atoms with E-state index in [0.717, 1.165) is 5.56 Å². The van der Waals surface area contributed by atoms with Crippen LogP contribution in [0, 0.1) is 0 Å². The molecule has 0 N–H and O–H groups in total. The zero-order chi connectivity index (χ0) is 13.8. The third-order valence-corrected chi connectivity index (χ3v) is 2.67. The predicted octanol–water partition coefficient (Wildman–Crippen LogP) is 1.95. The van der Waals surface area contributed by atoms with Crippen molar-refractivity contribution in [1.82, 2.24) is 0 Å². The molecule has 0 bridgehead atoms. The molecule has 0 saturated carbocycles. The van der Waals surface area contributed by atoms with Gasteiger partial charge in [0.25, 0.3) is 0 Å². The predicted molar refractivity (Wildman–Crippen MR) is 67.8 cm³/mol. The van der Waals surface area contributed by atoms with Crippen molar-refractivity contribution in [2.24, 2.45) is 0 Å². The molecule has 0 aliphatic carbocycles. The Kier molecular flexibility index (Phi) is 3.85. The van der Waals surface area contributed by atoms with Crippen LogP contribution in [-0.2, 0) is 14.3 Å². The van der Waals surface area contributed by atoms with Crippen LogP contribution >= 0.6 is 0 Å². The van der Waals surface area contributed by atoms with Gasteiger partial charge in [-0.1, -0.05) is 6.07 Å². The Balaban J connectivity index is 1.98. The Bertz CT molecular complexity index is 533. The average molecular weight is 262 g/mol. The summed E-state index contributed by atoms with van der Waals surface area (Å²) in [7, 11) is 0. The summed E-state index contributed by atoms with van der Waals surface area (Å²) in [6.45, 7) is 3.12. The fourth-order valence-corrected chi connectivity index (χ4v) is 1.48. The lowest BCUT2D eigenvalue weighted by Gasteiger charge is -2.06. The van der Waals surface area contributed by atoms with Gasteiger partial charge in [0.2, 0.25) is 6.79 Å². The largest absolute Gasteiger partial charge is 0.454 e. The second-order valence-electron chi connectivity index (χ2n) is 4.14. The minimum Gasteiger partial charge on any atom is -0.454 e. The lowest BCUT2D eigenvalue weighted by Crippen LogP contribution is -2.20. The van der Waals surface area contributed by atoms with Gasteiger partial charge >= 0.3 is 5.97 Å². The molecule has 0 fully saturated rings. The third kappa shape index (κ3) is 3.34. The summed E-state index contributed by atoms with van der Waals surface area (Å²) in [5, 5.41) is 0. The Hall–Kier alpha value is -2.30. The lowest BCUT2D eigenvalue weighted by molar-refractivity contribution is -0.148. The second-order valence-corrected chi connectivity index (χ2v) is 4.14. The molecule has 1 aromatic carbocycles. The molecule has 2 rings (SSSR count). The molecule has 0 radical (unpaired) electrons. The Morgan fingerprint density at radius 2 is 2.05 bits per heavy atom. The molecule has 5 nitrogen and oxygen atoms in total. The summed E-state index contributed by atoms with van der Waals surface area (Å²) in [4.78, 5) is 22.4. The SMILES string of the molecule is CC(=O)[C@@H](C)OC(=O)/C=C\c1ccc2c(c1)OCO2. The van der Waals surface area contributed by atoms with E-state index < -0.39 is 12.1 Å². The van der Waals surface area contributed by atoms with Crippen molar-refractivity contribution < 1.29 is 23.8 Å². The molecule has 1 aromatic rings. The van der Waals surface area contributed by atoms with Gasteiger partial charge in [-0.25, -0.2) is 4.79 Å². The van der Waals surface area contributed by atoms with Crippen molar-refractivity contribution in [1.29, 1.82) is 0 Å². The molecule has 1 aliphatic rings. The minimum atomic E-state index is -0.728. The number of fused-ring (bicyclic) bond motifs is 1. The van der Waals surface area contributed by atoms with Crippen molar-refractivity contribution in [2.45, 2.75) is 20.0 Å². The Morgan fingerprint density at radius 1 is 1.32 bits per heavy atom. The van der Waals surface area contributed by atoms with Crippen LogP contribution in [0.25, 0.3) is 6.08 Å². The fourth-order valence-electron chi connectivity index (χ4n) is 1.48. The first kappa shape index (κ1) is 13.1. The first-order valence-electron chi connectivity index (χ1n) is 5.85. The summed E-state index contributed by atoms with van der Waals surface area (Å²) in [5.41, 5.74) is 0.789. The molecular weight excluding hydrogens is 248 g/mol. The number of ether oxygens (including phenoxy) is 3. The molecular formula is C14H14O5. The van der Waals surface area contributed by atoms with Crippen molar-refractivity contribution >= 4 is 17.8 Å². The average Bonchev–Trinajstić information content (AvgIpc) is 2.83. The normalized spacial score (nSPS) is 14.4. The number of Topliss-reactive ketones (excluding diaryl/α,β-unsaturated/α-hetero) is 1. The monoisotopic (exact) mass is 262 g/mol. The van der Waals surface area contributed by atoms with Crippen molar-refractivity contribution in [2.75, 3.05) is 6.79 Å². The van der Waals surface area contributed by atoms with E-state index in [1.54, 1.807) is 24.3 Å². The van der Waals surface area contributed by atoms with Crippen LogP contribution in [0.2, 0.25) is 0 Å². The van der Waals surface area contributed by atoms with Crippen molar-refractivity contribution in [3.05, 3.63) is 29.8 Å².